The summed E-state index contributed by atoms with van der Waals surface area (Å²) in [5.74, 6) is 0.908. The van der Waals surface area contributed by atoms with Gasteiger partial charge in [-0.1, -0.05) is 57.0 Å². The van der Waals surface area contributed by atoms with E-state index in [1.165, 1.54) is 11.1 Å². The molecule has 0 saturated heterocycles. The Morgan fingerprint density at radius 2 is 1.90 bits per heavy atom. The van der Waals surface area contributed by atoms with Crippen molar-refractivity contribution in [2.24, 2.45) is 0 Å². The molecule has 1 unspecified atom stereocenters. The molecule has 0 aliphatic carbocycles. The molecule has 0 spiro atoms. The highest BCUT2D eigenvalue weighted by molar-refractivity contribution is 9.11. The molecule has 4 heteroatoms. The maximum Gasteiger partial charge on any atom is 0.119 e. The summed E-state index contributed by atoms with van der Waals surface area (Å²) in [6, 6.07) is 14.7. The van der Waals surface area contributed by atoms with Gasteiger partial charge in [-0.25, -0.2) is 0 Å². The zero-order chi connectivity index (χ0) is 15.2. The fraction of sp³-hybridized carbons (Fsp3) is 0.294. The first-order valence-electron chi connectivity index (χ1n) is 7.06. The summed E-state index contributed by atoms with van der Waals surface area (Å²) in [4.78, 5) is 0. The Labute approximate surface area is 143 Å². The van der Waals surface area contributed by atoms with Crippen molar-refractivity contribution in [3.8, 4) is 5.75 Å². The molecule has 0 fully saturated rings. The predicted octanol–water partition coefficient (Wildman–Crippen LogP) is 5.31. The standard InChI is InChI=1S/C17H19Br2NO/c1-3-20-17(15-9-8-13(18)11-16(15)19)12-6-5-7-14(10-12)21-4-2/h5-11,17,20H,3-4H2,1-2H3. The topological polar surface area (TPSA) is 21.3 Å². The van der Waals surface area contributed by atoms with E-state index in [-0.39, 0.29) is 6.04 Å². The van der Waals surface area contributed by atoms with E-state index in [0.717, 1.165) is 21.2 Å². The second-order valence-corrected chi connectivity index (χ2v) is 6.43. The van der Waals surface area contributed by atoms with E-state index >= 15 is 0 Å². The van der Waals surface area contributed by atoms with Gasteiger partial charge < -0.3 is 10.1 Å². The molecule has 2 nitrogen and oxygen atoms in total. The lowest BCUT2D eigenvalue weighted by atomic mass is 9.98. The molecule has 2 aromatic rings. The molecule has 112 valence electrons. The molecule has 0 aromatic heterocycles. The molecule has 2 rings (SSSR count). The molecule has 21 heavy (non-hydrogen) atoms. The number of hydrogen-bond donors (Lipinski definition) is 1. The van der Waals surface area contributed by atoms with Crippen molar-refractivity contribution in [1.29, 1.82) is 0 Å². The van der Waals surface area contributed by atoms with Crippen LogP contribution < -0.4 is 10.1 Å². The lowest BCUT2D eigenvalue weighted by Crippen LogP contribution is -2.22. The van der Waals surface area contributed by atoms with Crippen LogP contribution in [-0.2, 0) is 0 Å². The first-order chi connectivity index (χ1) is 10.2. The Bertz CT molecular complexity index is 601. The molecule has 0 aliphatic heterocycles. The molecule has 0 amide bonds. The Morgan fingerprint density at radius 3 is 2.57 bits per heavy atom. The quantitative estimate of drug-likeness (QED) is 0.694. The summed E-state index contributed by atoms with van der Waals surface area (Å²) < 4.78 is 7.77. The van der Waals surface area contributed by atoms with E-state index in [1.807, 2.05) is 19.1 Å². The number of rotatable bonds is 6. The third-order valence-electron chi connectivity index (χ3n) is 3.18. The normalized spacial score (nSPS) is 12.2. The highest BCUT2D eigenvalue weighted by Crippen LogP contribution is 2.32. The van der Waals surface area contributed by atoms with Gasteiger partial charge in [-0.15, -0.1) is 0 Å². The maximum absolute atomic E-state index is 5.61. The summed E-state index contributed by atoms with van der Waals surface area (Å²) in [6.07, 6.45) is 0. The first kappa shape index (κ1) is 16.5. The predicted molar refractivity (Wildman–Crippen MR) is 95.0 cm³/mol. The Morgan fingerprint density at radius 1 is 1.10 bits per heavy atom. The fourth-order valence-corrected chi connectivity index (χ4v) is 3.57. The number of benzene rings is 2. The van der Waals surface area contributed by atoms with Crippen LogP contribution in [-0.4, -0.2) is 13.2 Å². The third kappa shape index (κ3) is 4.31. The number of hydrogen-bond acceptors (Lipinski definition) is 2. The van der Waals surface area contributed by atoms with Crippen LogP contribution in [0.25, 0.3) is 0 Å². The smallest absolute Gasteiger partial charge is 0.119 e. The molecule has 0 heterocycles. The van der Waals surface area contributed by atoms with Crippen molar-refractivity contribution in [2.75, 3.05) is 13.2 Å². The van der Waals surface area contributed by atoms with Gasteiger partial charge in [0.25, 0.3) is 0 Å². The molecular formula is C17H19Br2NO. The molecule has 1 N–H and O–H groups in total. The lowest BCUT2D eigenvalue weighted by molar-refractivity contribution is 0.339. The van der Waals surface area contributed by atoms with E-state index < -0.39 is 0 Å². The minimum Gasteiger partial charge on any atom is -0.494 e. The van der Waals surface area contributed by atoms with Crippen molar-refractivity contribution in [3.63, 3.8) is 0 Å². The number of ether oxygens (including phenoxy) is 1. The van der Waals surface area contributed by atoms with Gasteiger partial charge in [0.2, 0.25) is 0 Å². The zero-order valence-corrected chi connectivity index (χ0v) is 15.4. The second-order valence-electron chi connectivity index (χ2n) is 4.66. The SMILES string of the molecule is CCNC(c1cccc(OCC)c1)c1ccc(Br)cc1Br. The van der Waals surface area contributed by atoms with Crippen molar-refractivity contribution >= 4 is 31.9 Å². The molecular weight excluding hydrogens is 394 g/mol. The average molecular weight is 413 g/mol. The fourth-order valence-electron chi connectivity index (χ4n) is 2.30. The minimum absolute atomic E-state index is 0.137. The Hall–Kier alpha value is -0.840. The van der Waals surface area contributed by atoms with Crippen LogP contribution in [0.15, 0.2) is 51.4 Å². The average Bonchev–Trinajstić information content (AvgIpc) is 2.46. The van der Waals surface area contributed by atoms with Crippen molar-refractivity contribution in [1.82, 2.24) is 5.32 Å². The van der Waals surface area contributed by atoms with Crippen LogP contribution in [0.2, 0.25) is 0 Å². The molecule has 0 aliphatic rings. The molecule has 2 aromatic carbocycles. The van der Waals surface area contributed by atoms with Gasteiger partial charge in [0.15, 0.2) is 0 Å². The van der Waals surface area contributed by atoms with Gasteiger partial charge in [0.05, 0.1) is 12.6 Å². The van der Waals surface area contributed by atoms with Crippen LogP contribution in [0.5, 0.6) is 5.75 Å². The molecule has 0 saturated carbocycles. The third-order valence-corrected chi connectivity index (χ3v) is 4.36. The van der Waals surface area contributed by atoms with E-state index in [2.05, 4.69) is 74.4 Å². The van der Waals surface area contributed by atoms with Crippen molar-refractivity contribution in [2.45, 2.75) is 19.9 Å². The molecule has 0 radical (unpaired) electrons. The van der Waals surface area contributed by atoms with Crippen LogP contribution in [0.3, 0.4) is 0 Å². The lowest BCUT2D eigenvalue weighted by Gasteiger charge is -2.21. The second kappa shape index (κ2) is 7.97. The maximum atomic E-state index is 5.61. The van der Waals surface area contributed by atoms with Crippen LogP contribution in [0, 0.1) is 0 Å². The summed E-state index contributed by atoms with van der Waals surface area (Å²) in [5, 5.41) is 3.54. The van der Waals surface area contributed by atoms with Gasteiger partial charge in [0, 0.05) is 8.95 Å². The first-order valence-corrected chi connectivity index (χ1v) is 8.65. The Kier molecular flexibility index (Phi) is 6.27. The number of halogens is 2. The van der Waals surface area contributed by atoms with E-state index in [1.54, 1.807) is 0 Å². The van der Waals surface area contributed by atoms with E-state index in [0.29, 0.717) is 6.61 Å². The largest absolute Gasteiger partial charge is 0.494 e. The van der Waals surface area contributed by atoms with E-state index in [4.69, 9.17) is 4.74 Å². The van der Waals surface area contributed by atoms with Gasteiger partial charge >= 0.3 is 0 Å². The molecule has 1 atom stereocenters. The van der Waals surface area contributed by atoms with Gasteiger partial charge in [-0.3, -0.25) is 0 Å². The summed E-state index contributed by atoms with van der Waals surface area (Å²) >= 11 is 7.17. The van der Waals surface area contributed by atoms with E-state index in [9.17, 15) is 0 Å². The van der Waals surface area contributed by atoms with Gasteiger partial charge in [-0.05, 0) is 48.9 Å². The van der Waals surface area contributed by atoms with Crippen molar-refractivity contribution < 1.29 is 4.74 Å². The minimum atomic E-state index is 0.137. The molecule has 0 bridgehead atoms. The highest BCUT2D eigenvalue weighted by Gasteiger charge is 2.16. The monoisotopic (exact) mass is 411 g/mol. The highest BCUT2D eigenvalue weighted by atomic mass is 79.9. The van der Waals surface area contributed by atoms with Crippen LogP contribution >= 0.6 is 31.9 Å². The summed E-state index contributed by atoms with van der Waals surface area (Å²) in [5.41, 5.74) is 2.42. The zero-order valence-electron chi connectivity index (χ0n) is 12.2. The van der Waals surface area contributed by atoms with Crippen molar-refractivity contribution in [3.05, 3.63) is 62.5 Å². The van der Waals surface area contributed by atoms with Gasteiger partial charge in [0.1, 0.15) is 5.75 Å². The summed E-state index contributed by atoms with van der Waals surface area (Å²) in [6.45, 7) is 5.69. The van der Waals surface area contributed by atoms with Gasteiger partial charge in [-0.2, -0.15) is 0 Å². The summed E-state index contributed by atoms with van der Waals surface area (Å²) in [7, 11) is 0. The van der Waals surface area contributed by atoms with Crippen LogP contribution in [0.1, 0.15) is 31.0 Å². The van der Waals surface area contributed by atoms with Crippen LogP contribution in [0.4, 0.5) is 0 Å². The Balaban J connectivity index is 2.40. The number of nitrogens with one attached hydrogen (secondary N) is 1.